The Balaban J connectivity index is 2.97. The number of carboxylic acid groups (broad SMARTS) is 1. The molecule has 1 heterocycles. The highest BCUT2D eigenvalue weighted by molar-refractivity contribution is 5.92. The Bertz CT molecular complexity index is 358. The van der Waals surface area contributed by atoms with E-state index in [9.17, 15) is 13.6 Å². The first kappa shape index (κ1) is 11.4. The number of anilines is 1. The van der Waals surface area contributed by atoms with Gasteiger partial charge in [0, 0.05) is 13.2 Å². The van der Waals surface area contributed by atoms with Gasteiger partial charge in [-0.25, -0.2) is 18.6 Å². The summed E-state index contributed by atoms with van der Waals surface area (Å²) in [5, 5.41) is 8.77. The first-order chi connectivity index (χ1) is 7.02. The minimum Gasteiger partial charge on any atom is -0.476 e. The Morgan fingerprint density at radius 3 is 2.87 bits per heavy atom. The lowest BCUT2D eigenvalue weighted by Crippen LogP contribution is -2.26. The van der Waals surface area contributed by atoms with Crippen molar-refractivity contribution in [1.29, 1.82) is 0 Å². The van der Waals surface area contributed by atoms with Crippen molar-refractivity contribution in [2.45, 2.75) is 6.43 Å². The molecule has 0 bridgehead atoms. The van der Waals surface area contributed by atoms with Crippen molar-refractivity contribution >= 4 is 11.7 Å². The van der Waals surface area contributed by atoms with Crippen LogP contribution in [0.5, 0.6) is 0 Å². The fourth-order valence-corrected chi connectivity index (χ4v) is 1.17. The molecule has 6 heteroatoms. The maximum absolute atomic E-state index is 12.1. The van der Waals surface area contributed by atoms with E-state index in [-0.39, 0.29) is 11.4 Å². The van der Waals surface area contributed by atoms with Crippen LogP contribution in [0.2, 0.25) is 0 Å². The zero-order valence-corrected chi connectivity index (χ0v) is 8.02. The SMILES string of the molecule is CN(CC(F)F)c1cccnc1C(=O)O. The summed E-state index contributed by atoms with van der Waals surface area (Å²) >= 11 is 0. The predicted molar refractivity (Wildman–Crippen MR) is 50.5 cm³/mol. The number of hydrogen-bond acceptors (Lipinski definition) is 3. The third-order valence-electron chi connectivity index (χ3n) is 1.81. The number of aromatic nitrogens is 1. The summed E-state index contributed by atoms with van der Waals surface area (Å²) < 4.78 is 24.2. The molecule has 0 aliphatic rings. The fraction of sp³-hybridized carbons (Fsp3) is 0.333. The second-order valence-electron chi connectivity index (χ2n) is 2.95. The summed E-state index contributed by atoms with van der Waals surface area (Å²) in [5.74, 6) is -1.23. The zero-order chi connectivity index (χ0) is 11.4. The normalized spacial score (nSPS) is 10.4. The van der Waals surface area contributed by atoms with Gasteiger partial charge in [0.05, 0.1) is 12.2 Å². The molecule has 0 aliphatic heterocycles. The number of rotatable bonds is 4. The van der Waals surface area contributed by atoms with Gasteiger partial charge in [-0.15, -0.1) is 0 Å². The Morgan fingerprint density at radius 2 is 2.33 bits per heavy atom. The van der Waals surface area contributed by atoms with Crippen LogP contribution in [0.25, 0.3) is 0 Å². The highest BCUT2D eigenvalue weighted by Gasteiger charge is 2.16. The molecular weight excluding hydrogens is 206 g/mol. The molecule has 1 N–H and O–H groups in total. The molecule has 0 atom stereocenters. The van der Waals surface area contributed by atoms with Gasteiger partial charge in [0.1, 0.15) is 0 Å². The molecule has 0 aliphatic carbocycles. The summed E-state index contributed by atoms with van der Waals surface area (Å²) in [6.07, 6.45) is -1.21. The minimum atomic E-state index is -2.52. The number of carbonyl (C=O) groups is 1. The number of alkyl halides is 2. The van der Waals surface area contributed by atoms with Crippen molar-refractivity contribution in [2.75, 3.05) is 18.5 Å². The van der Waals surface area contributed by atoms with E-state index in [0.717, 1.165) is 0 Å². The lowest BCUT2D eigenvalue weighted by Gasteiger charge is -2.19. The molecule has 82 valence electrons. The van der Waals surface area contributed by atoms with Gasteiger partial charge in [-0.1, -0.05) is 0 Å². The van der Waals surface area contributed by atoms with Gasteiger partial charge in [0.25, 0.3) is 6.43 Å². The molecular formula is C9H10F2N2O2. The van der Waals surface area contributed by atoms with Crippen LogP contribution in [0.15, 0.2) is 18.3 Å². The maximum Gasteiger partial charge on any atom is 0.356 e. The first-order valence-electron chi connectivity index (χ1n) is 4.20. The smallest absolute Gasteiger partial charge is 0.356 e. The van der Waals surface area contributed by atoms with Crippen molar-refractivity contribution in [3.63, 3.8) is 0 Å². The molecule has 0 aromatic carbocycles. The van der Waals surface area contributed by atoms with Gasteiger partial charge in [0.15, 0.2) is 5.69 Å². The van der Waals surface area contributed by atoms with Gasteiger partial charge < -0.3 is 10.0 Å². The van der Waals surface area contributed by atoms with Gasteiger partial charge in [-0.3, -0.25) is 0 Å². The quantitative estimate of drug-likeness (QED) is 0.828. The standard InChI is InChI=1S/C9H10F2N2O2/c1-13(5-7(10)11)6-3-2-4-12-8(6)9(14)15/h2-4,7H,5H2,1H3,(H,14,15). The third kappa shape index (κ3) is 2.87. The Morgan fingerprint density at radius 1 is 1.67 bits per heavy atom. The van der Waals surface area contributed by atoms with Crippen molar-refractivity contribution in [2.24, 2.45) is 0 Å². The van der Waals surface area contributed by atoms with E-state index in [2.05, 4.69) is 4.98 Å². The summed E-state index contributed by atoms with van der Waals surface area (Å²) in [6, 6.07) is 2.95. The van der Waals surface area contributed by atoms with Gasteiger partial charge in [-0.2, -0.15) is 0 Å². The lowest BCUT2D eigenvalue weighted by molar-refractivity contribution is 0.0690. The van der Waals surface area contributed by atoms with Crippen LogP contribution in [0.3, 0.4) is 0 Å². The van der Waals surface area contributed by atoms with E-state index < -0.39 is 18.9 Å². The Labute approximate surface area is 85.2 Å². The molecule has 1 aromatic heterocycles. The molecule has 0 fully saturated rings. The summed E-state index contributed by atoms with van der Waals surface area (Å²) in [4.78, 5) is 15.5. The van der Waals surface area contributed by atoms with Crippen molar-refractivity contribution < 1.29 is 18.7 Å². The number of nitrogens with zero attached hydrogens (tertiary/aromatic N) is 2. The van der Waals surface area contributed by atoms with Crippen LogP contribution in [0.4, 0.5) is 14.5 Å². The molecule has 0 radical (unpaired) electrons. The minimum absolute atomic E-state index is 0.185. The highest BCUT2D eigenvalue weighted by atomic mass is 19.3. The summed E-state index contributed by atoms with van der Waals surface area (Å²) in [5.41, 5.74) is -0.0362. The Kier molecular flexibility index (Phi) is 3.54. The predicted octanol–water partition coefficient (Wildman–Crippen LogP) is 1.48. The van der Waals surface area contributed by atoms with Crippen molar-refractivity contribution in [1.82, 2.24) is 4.98 Å². The third-order valence-corrected chi connectivity index (χ3v) is 1.81. The van der Waals surface area contributed by atoms with E-state index >= 15 is 0 Å². The van der Waals surface area contributed by atoms with Gasteiger partial charge >= 0.3 is 5.97 Å². The van der Waals surface area contributed by atoms with E-state index in [0.29, 0.717) is 0 Å². The van der Waals surface area contributed by atoms with E-state index in [1.165, 1.54) is 30.3 Å². The second kappa shape index (κ2) is 4.68. The van der Waals surface area contributed by atoms with Crippen LogP contribution in [-0.2, 0) is 0 Å². The average molecular weight is 216 g/mol. The summed E-state index contributed by atoms with van der Waals surface area (Å²) in [6.45, 7) is -0.522. The van der Waals surface area contributed by atoms with Crippen molar-refractivity contribution in [3.8, 4) is 0 Å². The fourth-order valence-electron chi connectivity index (χ4n) is 1.17. The molecule has 0 saturated heterocycles. The number of halogens is 2. The molecule has 0 unspecified atom stereocenters. The number of aromatic carboxylic acids is 1. The molecule has 1 aromatic rings. The van der Waals surface area contributed by atoms with Crippen molar-refractivity contribution in [3.05, 3.63) is 24.0 Å². The van der Waals surface area contributed by atoms with Crippen LogP contribution in [0.1, 0.15) is 10.5 Å². The summed E-state index contributed by atoms with van der Waals surface area (Å²) in [7, 11) is 1.40. The van der Waals surface area contributed by atoms with Crippen LogP contribution < -0.4 is 4.90 Å². The largest absolute Gasteiger partial charge is 0.476 e. The molecule has 0 spiro atoms. The van der Waals surface area contributed by atoms with Crippen LogP contribution in [0, 0.1) is 0 Å². The molecule has 0 amide bonds. The maximum atomic E-state index is 12.1. The van der Waals surface area contributed by atoms with E-state index in [1.807, 2.05) is 0 Å². The highest BCUT2D eigenvalue weighted by Crippen LogP contribution is 2.17. The monoisotopic (exact) mass is 216 g/mol. The average Bonchev–Trinajstić information content (AvgIpc) is 2.16. The lowest BCUT2D eigenvalue weighted by atomic mass is 10.2. The van der Waals surface area contributed by atoms with Crippen LogP contribution >= 0.6 is 0 Å². The van der Waals surface area contributed by atoms with E-state index in [4.69, 9.17) is 5.11 Å². The van der Waals surface area contributed by atoms with Gasteiger partial charge in [-0.05, 0) is 12.1 Å². The molecule has 1 rings (SSSR count). The second-order valence-corrected chi connectivity index (χ2v) is 2.95. The van der Waals surface area contributed by atoms with E-state index in [1.54, 1.807) is 0 Å². The Hall–Kier alpha value is -1.72. The number of pyridine rings is 1. The number of hydrogen-bond donors (Lipinski definition) is 1. The molecule has 4 nitrogen and oxygen atoms in total. The molecule has 15 heavy (non-hydrogen) atoms. The topological polar surface area (TPSA) is 53.4 Å². The first-order valence-corrected chi connectivity index (χ1v) is 4.20. The number of carboxylic acids is 1. The zero-order valence-electron chi connectivity index (χ0n) is 8.02. The van der Waals surface area contributed by atoms with Gasteiger partial charge in [0.2, 0.25) is 0 Å². The van der Waals surface area contributed by atoms with Crippen LogP contribution in [-0.4, -0.2) is 36.1 Å². The molecule has 0 saturated carbocycles.